The molecule has 0 radical (unpaired) electrons. The number of anilines is 1. The Hall–Kier alpha value is -2.83. The molecule has 24 heavy (non-hydrogen) atoms. The van der Waals surface area contributed by atoms with Gasteiger partial charge in [-0.3, -0.25) is 9.48 Å². The predicted molar refractivity (Wildman–Crippen MR) is 89.6 cm³/mol. The summed E-state index contributed by atoms with van der Waals surface area (Å²) in [6.07, 6.45) is 0.188. The lowest BCUT2D eigenvalue weighted by molar-refractivity contribution is -0.116. The Morgan fingerprint density at radius 2 is 2.04 bits per heavy atom. The molecule has 0 fully saturated rings. The topological polar surface area (TPSA) is 93.5 Å². The maximum Gasteiger partial charge on any atom is 0.337 e. The molecule has 0 saturated heterocycles. The van der Waals surface area contributed by atoms with Crippen molar-refractivity contribution >= 4 is 17.6 Å². The van der Waals surface area contributed by atoms with Gasteiger partial charge in [0.1, 0.15) is 5.75 Å². The average molecular weight is 331 g/mol. The number of aromatic carboxylic acids is 1. The second-order valence-corrected chi connectivity index (χ2v) is 5.69. The van der Waals surface area contributed by atoms with Gasteiger partial charge in [0.25, 0.3) is 0 Å². The number of hydrogen-bond donors (Lipinski definition) is 2. The number of aryl methyl sites for hydroxylation is 2. The number of benzene rings is 1. The Kier molecular flexibility index (Phi) is 5.23. The smallest absolute Gasteiger partial charge is 0.337 e. The Bertz CT molecular complexity index is 767. The number of carbonyl (C=O) groups is 2. The standard InChI is InChI=1S/C17H21N3O4/c1-10-7-11(2)20(19-10)12(3)8-16(21)18-15-6-5-13(24-4)9-14(15)17(22)23/h5-7,9,12H,8H2,1-4H3,(H,18,21)(H,22,23). The van der Waals surface area contributed by atoms with Crippen LogP contribution in [-0.4, -0.2) is 33.9 Å². The normalized spacial score (nSPS) is 11.8. The van der Waals surface area contributed by atoms with Crippen LogP contribution in [0.25, 0.3) is 0 Å². The van der Waals surface area contributed by atoms with Crippen molar-refractivity contribution in [2.24, 2.45) is 0 Å². The number of carboxylic acid groups (broad SMARTS) is 1. The molecule has 0 aliphatic rings. The van der Waals surface area contributed by atoms with Crippen molar-refractivity contribution in [1.29, 1.82) is 0 Å². The van der Waals surface area contributed by atoms with E-state index in [1.165, 1.54) is 19.2 Å². The third-order valence-corrected chi connectivity index (χ3v) is 3.67. The lowest BCUT2D eigenvalue weighted by Crippen LogP contribution is -2.20. The fraction of sp³-hybridized carbons (Fsp3) is 0.353. The molecule has 0 saturated carbocycles. The first-order valence-electron chi connectivity index (χ1n) is 7.55. The quantitative estimate of drug-likeness (QED) is 0.849. The largest absolute Gasteiger partial charge is 0.497 e. The number of hydrogen-bond acceptors (Lipinski definition) is 4. The molecule has 0 aliphatic carbocycles. The van der Waals surface area contributed by atoms with Crippen molar-refractivity contribution in [1.82, 2.24) is 9.78 Å². The van der Waals surface area contributed by atoms with Gasteiger partial charge in [-0.05, 0) is 45.0 Å². The van der Waals surface area contributed by atoms with E-state index in [1.54, 1.807) is 10.7 Å². The molecule has 1 atom stereocenters. The van der Waals surface area contributed by atoms with Gasteiger partial charge in [-0.25, -0.2) is 4.79 Å². The van der Waals surface area contributed by atoms with E-state index in [4.69, 9.17) is 4.74 Å². The van der Waals surface area contributed by atoms with Gasteiger partial charge in [0.05, 0.1) is 30.1 Å². The molecule has 2 aromatic rings. The molecule has 7 nitrogen and oxygen atoms in total. The first kappa shape index (κ1) is 17.5. The molecule has 2 N–H and O–H groups in total. The van der Waals surface area contributed by atoms with Gasteiger partial charge in [0, 0.05) is 12.1 Å². The van der Waals surface area contributed by atoms with Crippen molar-refractivity contribution < 1.29 is 19.4 Å². The van der Waals surface area contributed by atoms with E-state index >= 15 is 0 Å². The molecule has 1 heterocycles. The Balaban J connectivity index is 2.12. The average Bonchev–Trinajstić information content (AvgIpc) is 2.86. The number of rotatable bonds is 6. The first-order valence-corrected chi connectivity index (χ1v) is 7.55. The molecule has 1 aromatic carbocycles. The molecule has 1 aromatic heterocycles. The van der Waals surface area contributed by atoms with Crippen LogP contribution in [0.3, 0.4) is 0 Å². The zero-order valence-electron chi connectivity index (χ0n) is 14.2. The van der Waals surface area contributed by atoms with E-state index in [-0.39, 0.29) is 29.6 Å². The summed E-state index contributed by atoms with van der Waals surface area (Å²) >= 11 is 0. The van der Waals surface area contributed by atoms with Gasteiger partial charge >= 0.3 is 5.97 Å². The predicted octanol–water partition coefficient (Wildman–Crippen LogP) is 2.80. The maximum absolute atomic E-state index is 12.3. The Labute approximate surface area is 140 Å². The van der Waals surface area contributed by atoms with Crippen molar-refractivity contribution in [3.05, 3.63) is 41.2 Å². The number of nitrogens with one attached hydrogen (secondary N) is 1. The first-order chi connectivity index (χ1) is 11.3. The summed E-state index contributed by atoms with van der Waals surface area (Å²) in [5.41, 5.74) is 2.10. The summed E-state index contributed by atoms with van der Waals surface area (Å²) in [7, 11) is 1.45. The summed E-state index contributed by atoms with van der Waals surface area (Å²) < 4.78 is 6.81. The second kappa shape index (κ2) is 7.16. The Morgan fingerprint density at radius 3 is 2.58 bits per heavy atom. The molecule has 0 spiro atoms. The molecular weight excluding hydrogens is 310 g/mol. The number of aromatic nitrogens is 2. The summed E-state index contributed by atoms with van der Waals surface area (Å²) in [6.45, 7) is 5.72. The van der Waals surface area contributed by atoms with E-state index in [0.29, 0.717) is 5.75 Å². The molecule has 1 amide bonds. The van der Waals surface area contributed by atoms with Gasteiger partial charge in [-0.15, -0.1) is 0 Å². The van der Waals surface area contributed by atoms with E-state index in [2.05, 4.69) is 10.4 Å². The number of carboxylic acids is 1. The zero-order valence-corrected chi connectivity index (χ0v) is 14.2. The molecule has 1 unspecified atom stereocenters. The molecule has 0 aliphatic heterocycles. The number of methoxy groups -OCH3 is 1. The highest BCUT2D eigenvalue weighted by atomic mass is 16.5. The van der Waals surface area contributed by atoms with E-state index in [1.807, 2.05) is 26.8 Å². The van der Waals surface area contributed by atoms with Gasteiger partial charge in [-0.2, -0.15) is 5.10 Å². The third-order valence-electron chi connectivity index (χ3n) is 3.67. The van der Waals surface area contributed by atoms with Crippen molar-refractivity contribution in [3.8, 4) is 5.75 Å². The van der Waals surface area contributed by atoms with Crippen LogP contribution < -0.4 is 10.1 Å². The summed E-state index contributed by atoms with van der Waals surface area (Å²) in [5.74, 6) is -0.986. The number of carbonyl (C=O) groups excluding carboxylic acids is 1. The minimum Gasteiger partial charge on any atom is -0.497 e. The van der Waals surface area contributed by atoms with Crippen LogP contribution in [-0.2, 0) is 4.79 Å². The summed E-state index contributed by atoms with van der Waals surface area (Å²) in [5, 5.41) is 16.3. The fourth-order valence-corrected chi connectivity index (χ4v) is 2.58. The number of ether oxygens (including phenoxy) is 1. The molecule has 128 valence electrons. The SMILES string of the molecule is COc1ccc(NC(=O)CC(C)n2nc(C)cc2C)c(C(=O)O)c1. The number of nitrogens with zero attached hydrogens (tertiary/aromatic N) is 2. The van der Waals surface area contributed by atoms with Crippen LogP contribution >= 0.6 is 0 Å². The fourth-order valence-electron chi connectivity index (χ4n) is 2.58. The highest BCUT2D eigenvalue weighted by Gasteiger charge is 2.17. The minimum absolute atomic E-state index is 0.0125. The van der Waals surface area contributed by atoms with E-state index in [0.717, 1.165) is 11.4 Å². The Morgan fingerprint density at radius 1 is 1.33 bits per heavy atom. The van der Waals surface area contributed by atoms with Crippen LogP contribution in [0.2, 0.25) is 0 Å². The third kappa shape index (κ3) is 3.92. The number of amides is 1. The van der Waals surface area contributed by atoms with Crippen LogP contribution in [0, 0.1) is 13.8 Å². The lowest BCUT2D eigenvalue weighted by atomic mass is 10.1. The van der Waals surface area contributed by atoms with Crippen molar-refractivity contribution in [2.45, 2.75) is 33.2 Å². The highest BCUT2D eigenvalue weighted by molar-refractivity contribution is 6.00. The lowest BCUT2D eigenvalue weighted by Gasteiger charge is -2.15. The maximum atomic E-state index is 12.3. The van der Waals surface area contributed by atoms with Gasteiger partial charge in [0.15, 0.2) is 0 Å². The second-order valence-electron chi connectivity index (χ2n) is 5.69. The van der Waals surface area contributed by atoms with Crippen molar-refractivity contribution in [2.75, 3.05) is 12.4 Å². The van der Waals surface area contributed by atoms with E-state index < -0.39 is 5.97 Å². The molecular formula is C17H21N3O4. The van der Waals surface area contributed by atoms with Gasteiger partial charge in [-0.1, -0.05) is 0 Å². The minimum atomic E-state index is -1.13. The van der Waals surface area contributed by atoms with Crippen LogP contribution in [0.15, 0.2) is 24.3 Å². The van der Waals surface area contributed by atoms with Gasteiger partial charge < -0.3 is 15.2 Å². The molecule has 7 heteroatoms. The van der Waals surface area contributed by atoms with Crippen molar-refractivity contribution in [3.63, 3.8) is 0 Å². The van der Waals surface area contributed by atoms with Gasteiger partial charge in [0.2, 0.25) is 5.91 Å². The van der Waals surface area contributed by atoms with E-state index in [9.17, 15) is 14.7 Å². The summed E-state index contributed by atoms with van der Waals surface area (Å²) in [4.78, 5) is 23.6. The highest BCUT2D eigenvalue weighted by Crippen LogP contribution is 2.23. The monoisotopic (exact) mass is 331 g/mol. The van der Waals surface area contributed by atoms with Crippen LogP contribution in [0.4, 0.5) is 5.69 Å². The molecule has 0 bridgehead atoms. The molecule has 2 rings (SSSR count). The van der Waals surface area contributed by atoms with Crippen LogP contribution in [0.5, 0.6) is 5.75 Å². The van der Waals surface area contributed by atoms with Crippen LogP contribution in [0.1, 0.15) is 41.1 Å². The summed E-state index contributed by atoms with van der Waals surface area (Å²) in [6, 6.07) is 6.31. The zero-order chi connectivity index (χ0) is 17.9.